The Morgan fingerprint density at radius 3 is 2.73 bits per heavy atom. The van der Waals surface area contributed by atoms with Gasteiger partial charge < -0.3 is 19.7 Å². The van der Waals surface area contributed by atoms with Gasteiger partial charge in [0.1, 0.15) is 6.61 Å². The Balaban J connectivity index is 1.51. The summed E-state index contributed by atoms with van der Waals surface area (Å²) < 4.78 is 11.5. The number of hydrogen-bond donors (Lipinski definition) is 1. The summed E-state index contributed by atoms with van der Waals surface area (Å²) >= 11 is 0. The number of carbonyl (C=O) groups is 1. The predicted octanol–water partition coefficient (Wildman–Crippen LogP) is 2.80. The first-order valence-corrected chi connectivity index (χ1v) is 8.21. The molecule has 1 N–H and O–H groups in total. The highest BCUT2D eigenvalue weighted by molar-refractivity contribution is 5.74. The van der Waals surface area contributed by atoms with Crippen LogP contribution in [0.25, 0.3) is 0 Å². The van der Waals surface area contributed by atoms with Crippen molar-refractivity contribution in [3.05, 3.63) is 24.3 Å². The summed E-state index contributed by atoms with van der Waals surface area (Å²) in [6.45, 7) is 3.72. The standard InChI is InChI=1S/C17H24N2O3/c1-2-19(13-7-3-4-8-13)17(20)18-11-14-12-21-15-9-5-6-10-16(15)22-14/h5-6,9-10,13-14H,2-4,7-8,11-12H2,1H3,(H,18,20)/t14-/m1/s1. The minimum absolute atomic E-state index is 0.0110. The number of nitrogens with one attached hydrogen (secondary N) is 1. The number of fused-ring (bicyclic) bond motifs is 1. The van der Waals surface area contributed by atoms with Crippen LogP contribution in [-0.4, -0.2) is 42.8 Å². The molecule has 2 amide bonds. The molecule has 0 saturated heterocycles. The van der Waals surface area contributed by atoms with Crippen LogP contribution in [0.5, 0.6) is 11.5 Å². The zero-order valence-electron chi connectivity index (χ0n) is 13.1. The molecule has 0 spiro atoms. The molecule has 1 aromatic rings. The van der Waals surface area contributed by atoms with Crippen molar-refractivity contribution in [3.8, 4) is 11.5 Å². The number of benzene rings is 1. The Bertz CT molecular complexity index is 514. The first-order valence-electron chi connectivity index (χ1n) is 8.21. The van der Waals surface area contributed by atoms with Crippen molar-refractivity contribution in [3.63, 3.8) is 0 Å². The quantitative estimate of drug-likeness (QED) is 0.930. The van der Waals surface area contributed by atoms with E-state index in [-0.39, 0.29) is 12.1 Å². The number of nitrogens with zero attached hydrogens (tertiary/aromatic N) is 1. The van der Waals surface area contributed by atoms with E-state index >= 15 is 0 Å². The van der Waals surface area contributed by atoms with E-state index in [4.69, 9.17) is 9.47 Å². The third kappa shape index (κ3) is 3.29. The molecule has 120 valence electrons. The number of ether oxygens (including phenoxy) is 2. The number of rotatable bonds is 4. The maximum Gasteiger partial charge on any atom is 0.317 e. The molecule has 0 aromatic heterocycles. The number of carbonyl (C=O) groups excluding carboxylic acids is 1. The summed E-state index contributed by atoms with van der Waals surface area (Å²) in [7, 11) is 0. The van der Waals surface area contributed by atoms with E-state index in [1.54, 1.807) is 0 Å². The summed E-state index contributed by atoms with van der Waals surface area (Å²) in [5, 5.41) is 2.99. The first-order chi connectivity index (χ1) is 10.8. The molecule has 1 heterocycles. The second-order valence-electron chi connectivity index (χ2n) is 5.91. The molecule has 2 aliphatic rings. The molecule has 0 unspecified atom stereocenters. The van der Waals surface area contributed by atoms with Gasteiger partial charge in [0, 0.05) is 12.6 Å². The van der Waals surface area contributed by atoms with Crippen molar-refractivity contribution in [2.24, 2.45) is 0 Å². The van der Waals surface area contributed by atoms with E-state index in [1.165, 1.54) is 12.8 Å². The lowest BCUT2D eigenvalue weighted by Crippen LogP contribution is -2.49. The van der Waals surface area contributed by atoms with Crippen LogP contribution in [0, 0.1) is 0 Å². The minimum Gasteiger partial charge on any atom is -0.486 e. The van der Waals surface area contributed by atoms with Crippen molar-refractivity contribution in [1.82, 2.24) is 10.2 Å². The minimum atomic E-state index is -0.138. The van der Waals surface area contributed by atoms with Gasteiger partial charge in [-0.25, -0.2) is 4.79 Å². The molecule has 1 atom stereocenters. The van der Waals surface area contributed by atoms with Gasteiger partial charge >= 0.3 is 6.03 Å². The average Bonchev–Trinajstić information content (AvgIpc) is 3.07. The maximum absolute atomic E-state index is 12.4. The molecule has 3 rings (SSSR count). The molecule has 1 aliphatic carbocycles. The van der Waals surface area contributed by atoms with Gasteiger partial charge in [-0.3, -0.25) is 0 Å². The lowest BCUT2D eigenvalue weighted by molar-refractivity contribution is 0.0892. The fraction of sp³-hybridized carbons (Fsp3) is 0.588. The lowest BCUT2D eigenvalue weighted by Gasteiger charge is -2.30. The van der Waals surface area contributed by atoms with Crippen LogP contribution in [0.1, 0.15) is 32.6 Å². The number of urea groups is 1. The summed E-state index contributed by atoms with van der Waals surface area (Å²) in [6, 6.07) is 8.03. The topological polar surface area (TPSA) is 50.8 Å². The van der Waals surface area contributed by atoms with Gasteiger partial charge in [0.05, 0.1) is 6.54 Å². The summed E-state index contributed by atoms with van der Waals surface area (Å²) in [5.74, 6) is 1.52. The zero-order chi connectivity index (χ0) is 15.4. The number of para-hydroxylation sites is 2. The Morgan fingerprint density at radius 2 is 2.00 bits per heavy atom. The Kier molecular flexibility index (Phi) is 4.71. The van der Waals surface area contributed by atoms with Crippen molar-refractivity contribution < 1.29 is 14.3 Å². The van der Waals surface area contributed by atoms with Gasteiger partial charge in [0.2, 0.25) is 0 Å². The summed E-state index contributed by atoms with van der Waals surface area (Å²) in [5.41, 5.74) is 0. The third-order valence-electron chi connectivity index (χ3n) is 4.42. The Hall–Kier alpha value is -1.91. The molecule has 22 heavy (non-hydrogen) atoms. The molecule has 1 saturated carbocycles. The second kappa shape index (κ2) is 6.90. The van der Waals surface area contributed by atoms with Gasteiger partial charge in [-0.1, -0.05) is 25.0 Å². The van der Waals surface area contributed by atoms with Crippen LogP contribution in [0.15, 0.2) is 24.3 Å². The van der Waals surface area contributed by atoms with E-state index in [2.05, 4.69) is 5.32 Å². The largest absolute Gasteiger partial charge is 0.486 e. The first kappa shape index (κ1) is 15.0. The van der Waals surface area contributed by atoms with Crippen LogP contribution in [-0.2, 0) is 0 Å². The highest BCUT2D eigenvalue weighted by Crippen LogP contribution is 2.30. The second-order valence-corrected chi connectivity index (χ2v) is 5.91. The molecule has 0 radical (unpaired) electrons. The number of amides is 2. The van der Waals surface area contributed by atoms with Crippen LogP contribution < -0.4 is 14.8 Å². The molecule has 5 nitrogen and oxygen atoms in total. The highest BCUT2D eigenvalue weighted by Gasteiger charge is 2.27. The fourth-order valence-corrected chi connectivity index (χ4v) is 3.25. The maximum atomic E-state index is 12.4. The van der Waals surface area contributed by atoms with Crippen molar-refractivity contribution in [1.29, 1.82) is 0 Å². The van der Waals surface area contributed by atoms with Crippen molar-refractivity contribution >= 4 is 6.03 Å². The van der Waals surface area contributed by atoms with Gasteiger partial charge in [-0.05, 0) is 31.9 Å². The molecule has 1 fully saturated rings. The molecular weight excluding hydrogens is 280 g/mol. The highest BCUT2D eigenvalue weighted by atomic mass is 16.6. The molecule has 0 bridgehead atoms. The number of hydrogen-bond acceptors (Lipinski definition) is 3. The predicted molar refractivity (Wildman–Crippen MR) is 84.4 cm³/mol. The Labute approximate surface area is 131 Å². The van der Waals surface area contributed by atoms with Crippen molar-refractivity contribution in [2.45, 2.75) is 44.8 Å². The van der Waals surface area contributed by atoms with Gasteiger partial charge in [-0.2, -0.15) is 0 Å². The van der Waals surface area contributed by atoms with E-state index in [0.717, 1.165) is 30.9 Å². The molecule has 1 aliphatic heterocycles. The van der Waals surface area contributed by atoms with Crippen LogP contribution in [0.3, 0.4) is 0 Å². The fourth-order valence-electron chi connectivity index (χ4n) is 3.25. The molecule has 5 heteroatoms. The van der Waals surface area contributed by atoms with Crippen molar-refractivity contribution in [2.75, 3.05) is 19.7 Å². The summed E-state index contributed by atoms with van der Waals surface area (Å²) in [6.07, 6.45) is 4.56. The smallest absolute Gasteiger partial charge is 0.317 e. The Morgan fingerprint density at radius 1 is 1.27 bits per heavy atom. The van der Waals surface area contributed by atoms with E-state index in [9.17, 15) is 4.79 Å². The van der Waals surface area contributed by atoms with Crippen LogP contribution in [0.2, 0.25) is 0 Å². The van der Waals surface area contributed by atoms with E-state index in [1.807, 2.05) is 36.1 Å². The zero-order valence-corrected chi connectivity index (χ0v) is 13.1. The van der Waals surface area contributed by atoms with Gasteiger partial charge in [0.25, 0.3) is 0 Å². The van der Waals surface area contributed by atoms with E-state index in [0.29, 0.717) is 19.2 Å². The average molecular weight is 304 g/mol. The SMILES string of the molecule is CCN(C(=O)NC[C@@H]1COc2ccccc2O1)C1CCCC1. The monoisotopic (exact) mass is 304 g/mol. The lowest BCUT2D eigenvalue weighted by atomic mass is 10.2. The molecular formula is C17H24N2O3. The molecule has 1 aromatic carbocycles. The normalized spacial score (nSPS) is 20.7. The van der Waals surface area contributed by atoms with Crippen LogP contribution in [0.4, 0.5) is 4.79 Å². The van der Waals surface area contributed by atoms with Gasteiger partial charge in [-0.15, -0.1) is 0 Å². The van der Waals surface area contributed by atoms with Crippen LogP contribution >= 0.6 is 0 Å². The van der Waals surface area contributed by atoms with E-state index < -0.39 is 0 Å². The summed E-state index contributed by atoms with van der Waals surface area (Å²) in [4.78, 5) is 14.3. The third-order valence-corrected chi connectivity index (χ3v) is 4.42. The van der Waals surface area contributed by atoms with Gasteiger partial charge in [0.15, 0.2) is 17.6 Å².